The Morgan fingerprint density at radius 2 is 1.72 bits per heavy atom. The number of piperazine rings is 1. The van der Waals surface area contributed by atoms with Gasteiger partial charge in [0, 0.05) is 39.1 Å². The number of carbonyl (C=O) groups is 2. The van der Waals surface area contributed by atoms with Crippen molar-refractivity contribution >= 4 is 21.8 Å². The first-order valence-corrected chi connectivity index (χ1v) is 11.3. The van der Waals surface area contributed by atoms with E-state index >= 15 is 0 Å². The number of nitrogens with zero attached hydrogens (tertiary/aromatic N) is 4. The zero-order valence-electron chi connectivity index (χ0n) is 17.2. The second-order valence-electron chi connectivity index (χ2n) is 7.60. The SMILES string of the molecule is CNC(=O)C1CCN(CC(=O)N2CCN(S(=O)(=O)c3c(C)noc3C)CC2)CC1. The number of aromatic nitrogens is 1. The fourth-order valence-electron chi connectivity index (χ4n) is 4.00. The first-order chi connectivity index (χ1) is 13.7. The predicted molar refractivity (Wildman–Crippen MR) is 105 cm³/mol. The molecule has 29 heavy (non-hydrogen) atoms. The maximum Gasteiger partial charge on any atom is 0.248 e. The summed E-state index contributed by atoms with van der Waals surface area (Å²) in [6.07, 6.45) is 1.49. The molecule has 10 nitrogen and oxygen atoms in total. The molecule has 0 atom stereocenters. The molecule has 2 fully saturated rings. The van der Waals surface area contributed by atoms with E-state index in [2.05, 4.69) is 15.4 Å². The van der Waals surface area contributed by atoms with Crippen LogP contribution in [0, 0.1) is 19.8 Å². The standard InChI is InChI=1S/C18H29N5O5S/c1-13-17(14(2)28-20-13)29(26,27)23-10-8-22(9-11-23)16(24)12-21-6-4-15(5-7-21)18(25)19-3/h15H,4-12H2,1-3H3,(H,19,25). The monoisotopic (exact) mass is 427 g/mol. The van der Waals surface area contributed by atoms with Crippen LogP contribution in [0.5, 0.6) is 0 Å². The van der Waals surface area contributed by atoms with Gasteiger partial charge in [0.2, 0.25) is 21.8 Å². The van der Waals surface area contributed by atoms with Gasteiger partial charge in [-0.3, -0.25) is 14.5 Å². The fourth-order valence-corrected chi connectivity index (χ4v) is 5.71. The normalized spacial score (nSPS) is 20.0. The zero-order chi connectivity index (χ0) is 21.2. The molecule has 3 heterocycles. The van der Waals surface area contributed by atoms with Crippen LogP contribution in [0.15, 0.2) is 9.42 Å². The van der Waals surface area contributed by atoms with Gasteiger partial charge in [-0.05, 0) is 39.8 Å². The molecule has 1 aromatic rings. The van der Waals surface area contributed by atoms with E-state index in [0.29, 0.717) is 38.4 Å². The van der Waals surface area contributed by atoms with Crippen LogP contribution in [0.25, 0.3) is 0 Å². The molecule has 2 amide bonds. The van der Waals surface area contributed by atoms with Crippen LogP contribution >= 0.6 is 0 Å². The van der Waals surface area contributed by atoms with E-state index in [4.69, 9.17) is 4.52 Å². The van der Waals surface area contributed by atoms with Crippen LogP contribution in [0.4, 0.5) is 0 Å². The lowest BCUT2D eigenvalue weighted by molar-refractivity contribution is -0.134. The van der Waals surface area contributed by atoms with Crippen molar-refractivity contribution in [2.24, 2.45) is 5.92 Å². The Hall–Kier alpha value is -1.98. The van der Waals surface area contributed by atoms with E-state index in [0.717, 1.165) is 12.8 Å². The number of amides is 2. The van der Waals surface area contributed by atoms with Crippen molar-refractivity contribution in [2.45, 2.75) is 31.6 Å². The molecule has 0 aromatic carbocycles. The van der Waals surface area contributed by atoms with Crippen LogP contribution in [0.3, 0.4) is 0 Å². The van der Waals surface area contributed by atoms with Crippen molar-refractivity contribution in [2.75, 3.05) is 52.9 Å². The van der Waals surface area contributed by atoms with Gasteiger partial charge in [-0.2, -0.15) is 4.31 Å². The molecule has 3 rings (SSSR count). The second kappa shape index (κ2) is 8.80. The number of sulfonamides is 1. The Balaban J connectivity index is 1.51. The Labute approximate surface area is 171 Å². The number of aryl methyl sites for hydroxylation is 2. The van der Waals surface area contributed by atoms with Crippen LogP contribution in [-0.2, 0) is 19.6 Å². The number of hydrogen-bond acceptors (Lipinski definition) is 7. The summed E-state index contributed by atoms with van der Waals surface area (Å²) in [4.78, 5) is 28.3. The van der Waals surface area contributed by atoms with Gasteiger partial charge < -0.3 is 14.7 Å². The van der Waals surface area contributed by atoms with E-state index in [-0.39, 0.29) is 41.5 Å². The third-order valence-electron chi connectivity index (χ3n) is 5.72. The van der Waals surface area contributed by atoms with Gasteiger partial charge in [0.25, 0.3) is 0 Å². The van der Waals surface area contributed by atoms with Crippen LogP contribution in [-0.4, -0.2) is 92.4 Å². The maximum atomic E-state index is 12.9. The third-order valence-corrected chi connectivity index (χ3v) is 7.86. The predicted octanol–water partition coefficient (Wildman–Crippen LogP) is -0.418. The van der Waals surface area contributed by atoms with Crippen molar-refractivity contribution < 1.29 is 22.5 Å². The Bertz CT molecular complexity index is 832. The van der Waals surface area contributed by atoms with Crippen molar-refractivity contribution in [3.63, 3.8) is 0 Å². The van der Waals surface area contributed by atoms with E-state index < -0.39 is 10.0 Å². The topological polar surface area (TPSA) is 116 Å². The van der Waals surface area contributed by atoms with Gasteiger partial charge in [-0.15, -0.1) is 0 Å². The lowest BCUT2D eigenvalue weighted by Crippen LogP contribution is -2.53. The maximum absolute atomic E-state index is 12.9. The van der Waals surface area contributed by atoms with Gasteiger partial charge in [0.05, 0.1) is 6.54 Å². The average molecular weight is 428 g/mol. The number of rotatable bonds is 5. The number of carbonyl (C=O) groups excluding carboxylic acids is 2. The molecule has 0 saturated carbocycles. The van der Waals surface area contributed by atoms with Crippen LogP contribution in [0.1, 0.15) is 24.3 Å². The first kappa shape index (κ1) is 21.7. The highest BCUT2D eigenvalue weighted by Crippen LogP contribution is 2.24. The molecule has 2 saturated heterocycles. The number of piperidine rings is 1. The Kier molecular flexibility index (Phi) is 6.59. The lowest BCUT2D eigenvalue weighted by atomic mass is 9.96. The van der Waals surface area contributed by atoms with Gasteiger partial charge in [0.15, 0.2) is 5.76 Å². The largest absolute Gasteiger partial charge is 0.360 e. The smallest absolute Gasteiger partial charge is 0.248 e. The molecule has 0 spiro atoms. The minimum Gasteiger partial charge on any atom is -0.360 e. The number of likely N-dealkylation sites (tertiary alicyclic amines) is 1. The van der Waals surface area contributed by atoms with E-state index in [9.17, 15) is 18.0 Å². The van der Waals surface area contributed by atoms with E-state index in [1.807, 2.05) is 0 Å². The van der Waals surface area contributed by atoms with Crippen LogP contribution < -0.4 is 5.32 Å². The highest BCUT2D eigenvalue weighted by Gasteiger charge is 2.34. The Morgan fingerprint density at radius 3 is 2.24 bits per heavy atom. The summed E-state index contributed by atoms with van der Waals surface area (Å²) in [5.74, 6) is 0.356. The van der Waals surface area contributed by atoms with Gasteiger partial charge in [-0.25, -0.2) is 8.42 Å². The fraction of sp³-hybridized carbons (Fsp3) is 0.722. The summed E-state index contributed by atoms with van der Waals surface area (Å²) in [6.45, 7) is 6.13. The van der Waals surface area contributed by atoms with Crippen molar-refractivity contribution in [1.82, 2.24) is 24.6 Å². The summed E-state index contributed by atoms with van der Waals surface area (Å²) in [5.41, 5.74) is 0.348. The zero-order valence-corrected chi connectivity index (χ0v) is 18.0. The van der Waals surface area contributed by atoms with Crippen molar-refractivity contribution in [3.05, 3.63) is 11.5 Å². The Morgan fingerprint density at radius 1 is 1.10 bits per heavy atom. The molecular formula is C18H29N5O5S. The molecular weight excluding hydrogens is 398 g/mol. The molecule has 2 aliphatic heterocycles. The molecule has 1 aromatic heterocycles. The highest BCUT2D eigenvalue weighted by atomic mass is 32.2. The van der Waals surface area contributed by atoms with Crippen molar-refractivity contribution in [1.29, 1.82) is 0 Å². The molecule has 0 bridgehead atoms. The van der Waals surface area contributed by atoms with E-state index in [1.165, 1.54) is 4.31 Å². The van der Waals surface area contributed by atoms with Gasteiger partial charge in [-0.1, -0.05) is 5.16 Å². The molecule has 1 N–H and O–H groups in total. The molecule has 0 aliphatic carbocycles. The minimum atomic E-state index is -3.68. The molecule has 2 aliphatic rings. The van der Waals surface area contributed by atoms with E-state index in [1.54, 1.807) is 25.8 Å². The molecule has 0 unspecified atom stereocenters. The second-order valence-corrected chi connectivity index (χ2v) is 9.48. The van der Waals surface area contributed by atoms with Crippen LogP contribution in [0.2, 0.25) is 0 Å². The third kappa shape index (κ3) is 4.62. The summed E-state index contributed by atoms with van der Waals surface area (Å²) in [5, 5.41) is 6.41. The van der Waals surface area contributed by atoms with Gasteiger partial charge >= 0.3 is 0 Å². The summed E-state index contributed by atoms with van der Waals surface area (Å²) in [6, 6.07) is 0. The molecule has 11 heteroatoms. The van der Waals surface area contributed by atoms with Crippen molar-refractivity contribution in [3.8, 4) is 0 Å². The number of nitrogens with one attached hydrogen (secondary N) is 1. The summed E-state index contributed by atoms with van der Waals surface area (Å²) < 4.78 is 32.1. The quantitative estimate of drug-likeness (QED) is 0.679. The minimum absolute atomic E-state index is 0.00206. The number of hydrogen-bond donors (Lipinski definition) is 1. The molecule has 162 valence electrons. The summed E-state index contributed by atoms with van der Waals surface area (Å²) in [7, 11) is -2.04. The first-order valence-electron chi connectivity index (χ1n) is 9.88. The average Bonchev–Trinajstić information content (AvgIpc) is 3.06. The highest BCUT2D eigenvalue weighted by molar-refractivity contribution is 7.89. The molecule has 0 radical (unpaired) electrons. The van der Waals surface area contributed by atoms with Gasteiger partial charge in [0.1, 0.15) is 10.6 Å². The summed E-state index contributed by atoms with van der Waals surface area (Å²) >= 11 is 0. The lowest BCUT2D eigenvalue weighted by Gasteiger charge is -2.36.